The van der Waals surface area contributed by atoms with E-state index in [4.69, 9.17) is 9.47 Å². The monoisotopic (exact) mass is 995 g/mol. The number of unbranched alkanes of at least 4 members (excludes halogenated alkanes) is 2. The van der Waals surface area contributed by atoms with Gasteiger partial charge in [-0.3, -0.25) is 0 Å². The van der Waals surface area contributed by atoms with Gasteiger partial charge in [0, 0.05) is 51.4 Å². The van der Waals surface area contributed by atoms with Gasteiger partial charge in [-0.2, -0.15) is 0 Å². The van der Waals surface area contributed by atoms with E-state index in [9.17, 15) is 4.79 Å². The van der Waals surface area contributed by atoms with E-state index in [0.717, 1.165) is 79.6 Å². The Morgan fingerprint density at radius 2 is 1.49 bits per heavy atom. The van der Waals surface area contributed by atoms with Gasteiger partial charge < -0.3 is 14.4 Å². The van der Waals surface area contributed by atoms with Crippen molar-refractivity contribution in [2.75, 3.05) is 18.0 Å². The molecule has 1 saturated carbocycles. The zero-order valence-corrected chi connectivity index (χ0v) is 42.0. The number of piperidine rings is 1. The van der Waals surface area contributed by atoms with Crippen molar-refractivity contribution in [1.82, 2.24) is 0 Å². The van der Waals surface area contributed by atoms with E-state index in [1.165, 1.54) is 87.9 Å². The molecule has 0 amide bonds. The summed E-state index contributed by atoms with van der Waals surface area (Å²) in [5, 5.41) is 0.698. The predicted octanol–water partition coefficient (Wildman–Crippen LogP) is 17.3. The van der Waals surface area contributed by atoms with Crippen LogP contribution in [0.4, 0.5) is 14.5 Å². The van der Waals surface area contributed by atoms with E-state index < -0.39 is 28.6 Å². The molecule has 2 aliphatic carbocycles. The van der Waals surface area contributed by atoms with Gasteiger partial charge in [-0.1, -0.05) is 135 Å². The van der Waals surface area contributed by atoms with Gasteiger partial charge in [0.15, 0.2) is 5.60 Å². The Bertz CT molecular complexity index is 3110. The standard InChI is InChI=1S/C63H60BrF2NO3/c1-4-5-8-13-40-16-18-41(19-17-40)42-24-30-50(31-25-42)69-61(68)44-22-20-43(21-23-44)45-36-53-56-52-38-48(65)39-55(66)57(52)60-51(59(56)62(2,3)58(53)54(64)37-45)32-33-63(70-60,46-14-9-6-10-15-46)47-26-28-49(29-27-47)67-34-11-7-12-35-67/h6,9-10,14-15,20-33,36-41H,4-5,7-8,11-13,16-19,34-35H2,1-3H3/t40-,41-,63?. The highest BCUT2D eigenvalue weighted by Crippen LogP contribution is 2.60. The van der Waals surface area contributed by atoms with E-state index in [1.54, 1.807) is 12.1 Å². The molecule has 4 nitrogen and oxygen atoms in total. The largest absolute Gasteiger partial charge is 0.472 e. The fourth-order valence-corrected chi connectivity index (χ4v) is 13.3. The Morgan fingerprint density at radius 3 is 2.20 bits per heavy atom. The summed E-state index contributed by atoms with van der Waals surface area (Å²) in [4.78, 5) is 15.9. The molecule has 0 bridgehead atoms. The lowest BCUT2D eigenvalue weighted by molar-refractivity contribution is 0.0734. The first-order valence-corrected chi connectivity index (χ1v) is 26.4. The Kier molecular flexibility index (Phi) is 12.5. The van der Waals surface area contributed by atoms with Gasteiger partial charge >= 0.3 is 5.97 Å². The Hall–Kier alpha value is -6.05. The second-order valence-electron chi connectivity index (χ2n) is 20.7. The van der Waals surface area contributed by atoms with Crippen molar-refractivity contribution in [3.63, 3.8) is 0 Å². The minimum Gasteiger partial charge on any atom is -0.472 e. The lowest BCUT2D eigenvalue weighted by Crippen LogP contribution is -2.35. The Labute approximate surface area is 419 Å². The summed E-state index contributed by atoms with van der Waals surface area (Å²) in [6, 6.07) is 40.8. The summed E-state index contributed by atoms with van der Waals surface area (Å²) < 4.78 is 46.6. The maximum absolute atomic E-state index is 16.8. The maximum atomic E-state index is 16.8. The molecule has 0 aromatic heterocycles. The number of benzene rings is 7. The van der Waals surface area contributed by atoms with Gasteiger partial charge in [0.25, 0.3) is 0 Å². The van der Waals surface area contributed by atoms with Crippen LogP contribution in [0.15, 0.2) is 138 Å². The van der Waals surface area contributed by atoms with Crippen molar-refractivity contribution in [3.05, 3.63) is 189 Å². The third kappa shape index (κ3) is 8.36. The predicted molar refractivity (Wildman–Crippen MR) is 284 cm³/mol. The van der Waals surface area contributed by atoms with Crippen LogP contribution in [0.25, 0.3) is 39.1 Å². The molecule has 2 fully saturated rings. The molecule has 0 N–H and O–H groups in total. The lowest BCUT2D eigenvalue weighted by atomic mass is 9.76. The molecular weight excluding hydrogens is 937 g/mol. The summed E-state index contributed by atoms with van der Waals surface area (Å²) in [6.45, 7) is 8.68. The van der Waals surface area contributed by atoms with Crippen LogP contribution >= 0.6 is 15.9 Å². The van der Waals surface area contributed by atoms with Gasteiger partial charge in [0.1, 0.15) is 23.1 Å². The number of carbonyl (C=O) groups excluding carboxylic acids is 1. The molecule has 4 aliphatic rings. The molecule has 356 valence electrons. The molecule has 11 rings (SSSR count). The number of hydrogen-bond acceptors (Lipinski definition) is 4. The van der Waals surface area contributed by atoms with Crippen LogP contribution in [-0.2, 0) is 11.0 Å². The maximum Gasteiger partial charge on any atom is 0.343 e. The molecule has 1 unspecified atom stereocenters. The quantitative estimate of drug-likeness (QED) is 0.0735. The van der Waals surface area contributed by atoms with Crippen molar-refractivity contribution in [2.24, 2.45) is 5.92 Å². The average Bonchev–Trinajstić information content (AvgIpc) is 3.63. The number of nitrogens with zero attached hydrogens (tertiary/aromatic N) is 1. The fraction of sp³-hybridized carbons (Fsp3) is 0.317. The van der Waals surface area contributed by atoms with Crippen molar-refractivity contribution >= 4 is 44.4 Å². The topological polar surface area (TPSA) is 38.8 Å². The molecule has 1 saturated heterocycles. The lowest BCUT2D eigenvalue weighted by Gasteiger charge is -2.39. The number of carbonyl (C=O) groups is 1. The van der Waals surface area contributed by atoms with Gasteiger partial charge in [-0.25, -0.2) is 13.6 Å². The van der Waals surface area contributed by atoms with Gasteiger partial charge in [-0.05, 0) is 162 Å². The normalized spacial score (nSPS) is 20.1. The minimum absolute atomic E-state index is 0.243. The Morgan fingerprint density at radius 1 is 0.771 bits per heavy atom. The van der Waals surface area contributed by atoms with Crippen LogP contribution in [0, 0.1) is 17.6 Å². The minimum atomic E-state index is -1.09. The first-order valence-electron chi connectivity index (χ1n) is 25.6. The number of rotatable bonds is 11. The highest BCUT2D eigenvalue weighted by Gasteiger charge is 2.46. The van der Waals surface area contributed by atoms with E-state index in [0.29, 0.717) is 28.4 Å². The first kappa shape index (κ1) is 46.3. The molecule has 1 atom stereocenters. The number of esters is 1. The zero-order valence-electron chi connectivity index (χ0n) is 40.4. The number of fused-ring (bicyclic) bond motifs is 8. The second kappa shape index (κ2) is 18.9. The zero-order chi connectivity index (χ0) is 48.1. The number of anilines is 1. The summed E-state index contributed by atoms with van der Waals surface area (Å²) in [5.74, 6) is 0.598. The van der Waals surface area contributed by atoms with Crippen LogP contribution in [0.1, 0.15) is 141 Å². The summed E-state index contributed by atoms with van der Waals surface area (Å²) >= 11 is 3.98. The number of ether oxygens (including phenoxy) is 2. The van der Waals surface area contributed by atoms with E-state index in [1.807, 2.05) is 54.6 Å². The molecular formula is C63H60BrF2NO3. The molecule has 0 radical (unpaired) electrons. The van der Waals surface area contributed by atoms with Crippen LogP contribution in [-0.4, -0.2) is 19.1 Å². The van der Waals surface area contributed by atoms with E-state index >= 15 is 8.78 Å². The molecule has 70 heavy (non-hydrogen) atoms. The molecule has 7 heteroatoms. The SMILES string of the molecule is CCCCC[C@H]1CC[C@H](c2ccc(OC(=O)c3ccc(-c4cc(Br)c5c(c4)-c4c(c6c(c7c(F)cc(F)cc47)OC(c4ccccc4)(c4ccc(N7CCCCC7)cc4)C=C6)C5(C)C)cc3)cc2)CC1. The van der Waals surface area contributed by atoms with Crippen molar-refractivity contribution < 1.29 is 23.0 Å². The smallest absolute Gasteiger partial charge is 0.343 e. The first-order chi connectivity index (χ1) is 34.0. The highest BCUT2D eigenvalue weighted by atomic mass is 79.9. The van der Waals surface area contributed by atoms with E-state index in [2.05, 4.69) is 102 Å². The van der Waals surface area contributed by atoms with Crippen molar-refractivity contribution in [2.45, 2.75) is 108 Å². The summed E-state index contributed by atoms with van der Waals surface area (Å²) in [5.41, 5.74) is 9.27. The van der Waals surface area contributed by atoms with Crippen LogP contribution in [0.2, 0.25) is 0 Å². The van der Waals surface area contributed by atoms with Gasteiger partial charge in [-0.15, -0.1) is 0 Å². The molecule has 7 aromatic carbocycles. The third-order valence-corrected chi connectivity index (χ3v) is 16.6. The molecule has 2 aliphatic heterocycles. The number of hydrogen-bond donors (Lipinski definition) is 0. The summed E-state index contributed by atoms with van der Waals surface area (Å²) in [7, 11) is 0. The van der Waals surface area contributed by atoms with Crippen LogP contribution < -0.4 is 14.4 Å². The fourth-order valence-electron chi connectivity index (χ4n) is 12.3. The van der Waals surface area contributed by atoms with Crippen molar-refractivity contribution in [3.8, 4) is 33.8 Å². The van der Waals surface area contributed by atoms with Gasteiger partial charge in [0.05, 0.1) is 10.9 Å². The molecule has 7 aromatic rings. The highest BCUT2D eigenvalue weighted by molar-refractivity contribution is 9.10. The Balaban J connectivity index is 0.907. The van der Waals surface area contributed by atoms with Crippen molar-refractivity contribution in [1.29, 1.82) is 0 Å². The van der Waals surface area contributed by atoms with Crippen LogP contribution in [0.3, 0.4) is 0 Å². The van der Waals surface area contributed by atoms with Gasteiger partial charge in [0.2, 0.25) is 0 Å². The molecule has 0 spiro atoms. The second-order valence-corrected chi connectivity index (χ2v) is 21.5. The average molecular weight is 997 g/mol. The third-order valence-electron chi connectivity index (χ3n) is 16.0. The van der Waals surface area contributed by atoms with E-state index in [-0.39, 0.29) is 5.39 Å². The summed E-state index contributed by atoms with van der Waals surface area (Å²) in [6.07, 6.45) is 18.2. The molecule has 2 heterocycles. The number of halogens is 3. The van der Waals surface area contributed by atoms with Crippen LogP contribution in [0.5, 0.6) is 11.5 Å².